The molecule has 1 aromatic carbocycles. The summed E-state index contributed by atoms with van der Waals surface area (Å²) in [5.74, 6) is 0.814. The normalized spacial score (nSPS) is 16.6. The van der Waals surface area contributed by atoms with Crippen LogP contribution in [0, 0.1) is 0 Å². The molecule has 0 amide bonds. The monoisotopic (exact) mass is 268 g/mol. The van der Waals surface area contributed by atoms with Gasteiger partial charge in [0, 0.05) is 0 Å². The number of benzene rings is 1. The molecule has 94 valence electrons. The second kappa shape index (κ2) is 3.78. The number of hydrogen-bond donors (Lipinski definition) is 1. The molecule has 2 aromatic heterocycles. The molecule has 3 aromatic rings. The van der Waals surface area contributed by atoms with Crippen LogP contribution in [-0.2, 0) is 5.41 Å². The molecule has 0 aliphatic heterocycles. The van der Waals surface area contributed by atoms with E-state index in [0.717, 1.165) is 24.2 Å². The summed E-state index contributed by atoms with van der Waals surface area (Å²) in [5.41, 5.74) is 1.96. The lowest BCUT2D eigenvalue weighted by Crippen LogP contribution is -2.19. The number of aromatic amines is 1. The number of fused-ring (bicyclic) bond motifs is 1. The van der Waals surface area contributed by atoms with Crippen molar-refractivity contribution in [3.8, 4) is 0 Å². The second-order valence-electron chi connectivity index (χ2n) is 5.03. The minimum absolute atomic E-state index is 0.0397. The number of rotatable bonds is 2. The van der Waals surface area contributed by atoms with Crippen molar-refractivity contribution >= 4 is 22.2 Å². The number of H-pyrrole nitrogens is 1. The zero-order valence-electron chi connectivity index (χ0n) is 10.2. The van der Waals surface area contributed by atoms with E-state index in [4.69, 9.17) is 0 Å². The molecule has 1 saturated carbocycles. The number of nitrogens with zero attached hydrogens (tertiary/aromatic N) is 1. The fourth-order valence-electron chi connectivity index (χ4n) is 2.64. The van der Waals surface area contributed by atoms with Gasteiger partial charge in [-0.15, -0.1) is 0 Å². The first-order valence-electron chi connectivity index (χ1n) is 6.32. The van der Waals surface area contributed by atoms with Crippen molar-refractivity contribution in [1.29, 1.82) is 0 Å². The highest BCUT2D eigenvalue weighted by molar-refractivity contribution is 7.08. The van der Waals surface area contributed by atoms with Gasteiger partial charge in [0.25, 0.3) is 5.56 Å². The summed E-state index contributed by atoms with van der Waals surface area (Å²) in [6.07, 6.45) is 2.12. The van der Waals surface area contributed by atoms with Crippen molar-refractivity contribution in [3.05, 3.63) is 62.8 Å². The van der Waals surface area contributed by atoms with Crippen LogP contribution >= 0.6 is 11.3 Å². The van der Waals surface area contributed by atoms with Crippen molar-refractivity contribution in [3.63, 3.8) is 0 Å². The Kier molecular flexibility index (Phi) is 2.17. The molecule has 0 unspecified atom stereocenters. The van der Waals surface area contributed by atoms with Gasteiger partial charge in [0.15, 0.2) is 0 Å². The molecule has 2 heterocycles. The smallest absolute Gasteiger partial charge is 0.258 e. The van der Waals surface area contributed by atoms with E-state index in [0.29, 0.717) is 5.39 Å². The maximum absolute atomic E-state index is 12.2. The molecule has 0 radical (unpaired) electrons. The number of aromatic nitrogens is 2. The average molecular weight is 268 g/mol. The van der Waals surface area contributed by atoms with Gasteiger partial charge in [-0.1, -0.05) is 12.1 Å². The zero-order chi connectivity index (χ0) is 12.9. The van der Waals surface area contributed by atoms with E-state index in [1.807, 2.05) is 24.3 Å². The van der Waals surface area contributed by atoms with Gasteiger partial charge < -0.3 is 4.98 Å². The van der Waals surface area contributed by atoms with Crippen LogP contribution in [0.15, 0.2) is 45.9 Å². The van der Waals surface area contributed by atoms with Gasteiger partial charge in [-0.25, -0.2) is 4.98 Å². The molecule has 1 aliphatic carbocycles. The number of thiophene rings is 1. The Bertz CT molecular complexity index is 800. The van der Waals surface area contributed by atoms with E-state index in [-0.39, 0.29) is 11.0 Å². The molecule has 4 heteroatoms. The Labute approximate surface area is 114 Å². The fraction of sp³-hybridized carbons (Fsp3) is 0.200. The van der Waals surface area contributed by atoms with Crippen LogP contribution in [0.3, 0.4) is 0 Å². The first-order chi connectivity index (χ1) is 9.29. The van der Waals surface area contributed by atoms with E-state index in [2.05, 4.69) is 26.8 Å². The molecule has 0 bridgehead atoms. The third-order valence-electron chi connectivity index (χ3n) is 3.89. The summed E-state index contributed by atoms with van der Waals surface area (Å²) in [4.78, 5) is 19.8. The summed E-state index contributed by atoms with van der Waals surface area (Å²) < 4.78 is 0. The number of para-hydroxylation sites is 1. The Morgan fingerprint density at radius 1 is 1.21 bits per heavy atom. The number of nitrogens with one attached hydrogen (secondary N) is 1. The molecule has 19 heavy (non-hydrogen) atoms. The maximum atomic E-state index is 12.2. The second-order valence-corrected chi connectivity index (χ2v) is 5.81. The average Bonchev–Trinajstić information content (AvgIpc) is 3.06. The molecule has 0 spiro atoms. The topological polar surface area (TPSA) is 45.8 Å². The van der Waals surface area contributed by atoms with Gasteiger partial charge in [-0.05, 0) is 47.4 Å². The quantitative estimate of drug-likeness (QED) is 0.776. The highest BCUT2D eigenvalue weighted by Gasteiger charge is 2.48. The van der Waals surface area contributed by atoms with Crippen LogP contribution in [0.25, 0.3) is 10.9 Å². The Hall–Kier alpha value is -1.94. The van der Waals surface area contributed by atoms with Gasteiger partial charge in [0.05, 0.1) is 16.3 Å². The molecule has 4 rings (SSSR count). The standard InChI is InChI=1S/C15H12N2OS/c18-13-11-3-1-2-4-12(11)16-14(17-13)15(6-7-15)10-5-8-19-9-10/h1-5,8-9H,6-7H2,(H,16,17,18). The molecule has 1 fully saturated rings. The lowest BCUT2D eigenvalue weighted by atomic mass is 9.98. The highest BCUT2D eigenvalue weighted by Crippen LogP contribution is 2.52. The summed E-state index contributed by atoms with van der Waals surface area (Å²) in [5, 5.41) is 4.89. The third-order valence-corrected chi connectivity index (χ3v) is 4.57. The summed E-state index contributed by atoms with van der Waals surface area (Å²) >= 11 is 1.69. The molecular formula is C15H12N2OS. The zero-order valence-corrected chi connectivity index (χ0v) is 11.0. The summed E-state index contributed by atoms with van der Waals surface area (Å²) in [6, 6.07) is 9.63. The fourth-order valence-corrected chi connectivity index (χ4v) is 3.39. The van der Waals surface area contributed by atoms with Crippen LogP contribution in [0.5, 0.6) is 0 Å². The number of hydrogen-bond acceptors (Lipinski definition) is 3. The Morgan fingerprint density at radius 2 is 2.05 bits per heavy atom. The third kappa shape index (κ3) is 1.56. The van der Waals surface area contributed by atoms with E-state index in [1.165, 1.54) is 5.56 Å². The van der Waals surface area contributed by atoms with E-state index in [1.54, 1.807) is 11.3 Å². The Morgan fingerprint density at radius 3 is 2.79 bits per heavy atom. The highest BCUT2D eigenvalue weighted by atomic mass is 32.1. The van der Waals surface area contributed by atoms with Crippen LogP contribution in [0.2, 0.25) is 0 Å². The van der Waals surface area contributed by atoms with Crippen molar-refractivity contribution in [2.45, 2.75) is 18.3 Å². The predicted octanol–water partition coefficient (Wildman–Crippen LogP) is 3.06. The predicted molar refractivity (Wildman–Crippen MR) is 76.7 cm³/mol. The Balaban J connectivity index is 1.96. The van der Waals surface area contributed by atoms with Crippen molar-refractivity contribution < 1.29 is 0 Å². The molecule has 3 nitrogen and oxygen atoms in total. The first kappa shape index (κ1) is 10.9. The molecule has 0 atom stereocenters. The van der Waals surface area contributed by atoms with Gasteiger partial charge in [-0.3, -0.25) is 4.79 Å². The first-order valence-corrected chi connectivity index (χ1v) is 7.26. The largest absolute Gasteiger partial charge is 0.309 e. The SMILES string of the molecule is O=c1[nH]c(C2(c3ccsc3)CC2)nc2ccccc12. The van der Waals surface area contributed by atoms with Gasteiger partial charge in [0.1, 0.15) is 5.82 Å². The lowest BCUT2D eigenvalue weighted by Gasteiger charge is -2.13. The molecule has 1 aliphatic rings. The van der Waals surface area contributed by atoms with Crippen molar-refractivity contribution in [2.24, 2.45) is 0 Å². The van der Waals surface area contributed by atoms with E-state index in [9.17, 15) is 4.79 Å². The van der Waals surface area contributed by atoms with Crippen LogP contribution in [-0.4, -0.2) is 9.97 Å². The maximum Gasteiger partial charge on any atom is 0.258 e. The van der Waals surface area contributed by atoms with Crippen LogP contribution in [0.1, 0.15) is 24.2 Å². The van der Waals surface area contributed by atoms with Crippen molar-refractivity contribution in [1.82, 2.24) is 9.97 Å². The molecular weight excluding hydrogens is 256 g/mol. The van der Waals surface area contributed by atoms with Crippen LogP contribution < -0.4 is 5.56 Å². The summed E-state index contributed by atoms with van der Waals surface area (Å²) in [6.45, 7) is 0. The van der Waals surface area contributed by atoms with Crippen LogP contribution in [0.4, 0.5) is 0 Å². The van der Waals surface area contributed by atoms with E-state index < -0.39 is 0 Å². The van der Waals surface area contributed by atoms with Gasteiger partial charge in [0.2, 0.25) is 0 Å². The minimum atomic E-state index is -0.0524. The van der Waals surface area contributed by atoms with Crippen molar-refractivity contribution in [2.75, 3.05) is 0 Å². The summed E-state index contributed by atoms with van der Waals surface area (Å²) in [7, 11) is 0. The van der Waals surface area contributed by atoms with Gasteiger partial charge >= 0.3 is 0 Å². The minimum Gasteiger partial charge on any atom is -0.309 e. The van der Waals surface area contributed by atoms with E-state index >= 15 is 0 Å². The lowest BCUT2D eigenvalue weighted by molar-refractivity contribution is 0.760. The molecule has 1 N–H and O–H groups in total. The van der Waals surface area contributed by atoms with Gasteiger partial charge in [-0.2, -0.15) is 11.3 Å². The molecule has 0 saturated heterocycles.